The molecule has 7 heteroatoms. The lowest BCUT2D eigenvalue weighted by Crippen LogP contribution is -2.07. The maximum Gasteiger partial charge on any atom is 0.307 e. The van der Waals surface area contributed by atoms with Gasteiger partial charge in [-0.2, -0.15) is 4.39 Å². The van der Waals surface area contributed by atoms with Gasteiger partial charge in [0.1, 0.15) is 5.75 Å². The van der Waals surface area contributed by atoms with E-state index in [-0.39, 0.29) is 0 Å². The zero-order valence-electron chi connectivity index (χ0n) is 7.25. The van der Waals surface area contributed by atoms with Crippen LogP contribution >= 0.6 is 0 Å². The number of aromatic hydroxyl groups is 1. The number of rotatable bonds is 3. The summed E-state index contributed by atoms with van der Waals surface area (Å²) in [5, 5.41) is 17.5. The summed E-state index contributed by atoms with van der Waals surface area (Å²) in [5.74, 6) is -3.68. The summed E-state index contributed by atoms with van der Waals surface area (Å²) >= 11 is 0. The lowest BCUT2D eigenvalue weighted by molar-refractivity contribution is -0.136. The highest BCUT2D eigenvalue weighted by molar-refractivity contribution is 5.72. The predicted octanol–water partition coefficient (Wildman–Crippen LogP) is 1.49. The molecule has 0 aromatic carbocycles. The highest BCUT2D eigenvalue weighted by Crippen LogP contribution is 2.30. The number of carbonyl (C=O) groups is 1. The minimum Gasteiger partial charge on any atom is -0.506 e. The largest absolute Gasteiger partial charge is 0.506 e. The van der Waals surface area contributed by atoms with Gasteiger partial charge in [0.15, 0.2) is 0 Å². The van der Waals surface area contributed by atoms with E-state index in [1.54, 1.807) is 0 Å². The van der Waals surface area contributed by atoms with Crippen LogP contribution in [0.15, 0.2) is 6.20 Å². The van der Waals surface area contributed by atoms with Gasteiger partial charge in [0.05, 0.1) is 18.2 Å². The van der Waals surface area contributed by atoms with Crippen LogP contribution in [0.5, 0.6) is 5.75 Å². The number of halogens is 3. The Morgan fingerprint density at radius 3 is 2.60 bits per heavy atom. The van der Waals surface area contributed by atoms with Crippen molar-refractivity contribution in [2.24, 2.45) is 0 Å². The third-order valence-corrected chi connectivity index (χ3v) is 1.70. The fraction of sp³-hybridized carbons (Fsp3) is 0.250. The van der Waals surface area contributed by atoms with Crippen molar-refractivity contribution in [3.05, 3.63) is 23.3 Å². The molecule has 0 saturated heterocycles. The molecule has 0 aliphatic heterocycles. The normalized spacial score (nSPS) is 10.7. The van der Waals surface area contributed by atoms with Crippen molar-refractivity contribution in [1.82, 2.24) is 4.98 Å². The molecule has 0 spiro atoms. The topological polar surface area (TPSA) is 70.4 Å². The molecule has 1 aromatic heterocycles. The molecular formula is C8H6F3NO3. The van der Waals surface area contributed by atoms with E-state index in [1.165, 1.54) is 0 Å². The van der Waals surface area contributed by atoms with E-state index in [9.17, 15) is 18.0 Å². The second kappa shape index (κ2) is 4.16. The van der Waals surface area contributed by atoms with E-state index < -0.39 is 41.6 Å². The van der Waals surface area contributed by atoms with Gasteiger partial charge in [0.2, 0.25) is 5.95 Å². The van der Waals surface area contributed by atoms with E-state index in [0.717, 1.165) is 0 Å². The van der Waals surface area contributed by atoms with Crippen molar-refractivity contribution in [3.63, 3.8) is 0 Å². The Hall–Kier alpha value is -1.79. The minimum atomic E-state index is -3.22. The minimum absolute atomic E-state index is 0.597. The first-order chi connectivity index (χ1) is 6.93. The Kier molecular flexibility index (Phi) is 3.13. The second-order valence-electron chi connectivity index (χ2n) is 2.70. The summed E-state index contributed by atoms with van der Waals surface area (Å²) in [4.78, 5) is 13.2. The van der Waals surface area contributed by atoms with Crippen LogP contribution in [-0.4, -0.2) is 21.2 Å². The van der Waals surface area contributed by atoms with Gasteiger partial charge in [0.25, 0.3) is 6.43 Å². The van der Waals surface area contributed by atoms with Crippen LogP contribution in [-0.2, 0) is 11.2 Å². The van der Waals surface area contributed by atoms with E-state index in [0.29, 0.717) is 6.20 Å². The van der Waals surface area contributed by atoms with Gasteiger partial charge in [-0.15, -0.1) is 0 Å². The third-order valence-electron chi connectivity index (χ3n) is 1.70. The quantitative estimate of drug-likeness (QED) is 0.758. The molecule has 82 valence electrons. The van der Waals surface area contributed by atoms with Crippen molar-refractivity contribution in [1.29, 1.82) is 0 Å². The summed E-state index contributed by atoms with van der Waals surface area (Å²) in [7, 11) is 0. The Labute approximate surface area is 82.0 Å². The maximum absolute atomic E-state index is 12.8. The summed E-state index contributed by atoms with van der Waals surface area (Å²) in [6, 6.07) is 0. The van der Waals surface area contributed by atoms with Gasteiger partial charge in [-0.25, -0.2) is 13.8 Å². The fourth-order valence-corrected chi connectivity index (χ4v) is 1.09. The highest BCUT2D eigenvalue weighted by atomic mass is 19.3. The zero-order valence-corrected chi connectivity index (χ0v) is 7.25. The molecule has 0 fully saturated rings. The standard InChI is InChI=1S/C8H6F3NO3/c9-7(10)6-3(1-5(14)15)4(13)2-12-8(6)11/h2,7,13H,1H2,(H,14,15). The molecule has 0 unspecified atom stereocenters. The average molecular weight is 221 g/mol. The molecule has 0 aliphatic carbocycles. The number of aliphatic carboxylic acids is 1. The Morgan fingerprint density at radius 1 is 1.53 bits per heavy atom. The van der Waals surface area contributed by atoms with E-state index >= 15 is 0 Å². The van der Waals surface area contributed by atoms with Gasteiger partial charge in [-0.05, 0) is 0 Å². The summed E-state index contributed by atoms with van der Waals surface area (Å²) < 4.78 is 37.5. The number of hydrogen-bond acceptors (Lipinski definition) is 3. The van der Waals surface area contributed by atoms with Crippen LogP contribution in [0.25, 0.3) is 0 Å². The summed E-state index contributed by atoms with van der Waals surface area (Å²) in [5.41, 5.74) is -1.82. The number of alkyl halides is 2. The van der Waals surface area contributed by atoms with Crippen molar-refractivity contribution in [2.75, 3.05) is 0 Å². The molecule has 1 heterocycles. The smallest absolute Gasteiger partial charge is 0.307 e. The number of carboxylic acid groups (broad SMARTS) is 1. The van der Waals surface area contributed by atoms with Crippen molar-refractivity contribution in [3.8, 4) is 5.75 Å². The van der Waals surface area contributed by atoms with Crippen molar-refractivity contribution < 1.29 is 28.2 Å². The molecular weight excluding hydrogens is 215 g/mol. The van der Waals surface area contributed by atoms with Gasteiger partial charge < -0.3 is 10.2 Å². The molecule has 0 amide bonds. The van der Waals surface area contributed by atoms with Crippen molar-refractivity contribution in [2.45, 2.75) is 12.8 Å². The summed E-state index contributed by atoms with van der Waals surface area (Å²) in [6.45, 7) is 0. The first kappa shape index (κ1) is 11.3. The molecule has 1 rings (SSSR count). The molecule has 15 heavy (non-hydrogen) atoms. The second-order valence-corrected chi connectivity index (χ2v) is 2.70. The Morgan fingerprint density at radius 2 is 2.13 bits per heavy atom. The molecule has 4 nitrogen and oxygen atoms in total. The molecule has 0 radical (unpaired) electrons. The average Bonchev–Trinajstić information content (AvgIpc) is 2.10. The van der Waals surface area contributed by atoms with Gasteiger partial charge >= 0.3 is 5.97 Å². The lowest BCUT2D eigenvalue weighted by Gasteiger charge is -2.08. The van der Waals surface area contributed by atoms with Crippen LogP contribution in [0.3, 0.4) is 0 Å². The number of hydrogen-bond donors (Lipinski definition) is 2. The maximum atomic E-state index is 12.8. The van der Waals surface area contributed by atoms with E-state index in [4.69, 9.17) is 10.2 Å². The van der Waals surface area contributed by atoms with Gasteiger partial charge in [-0.1, -0.05) is 0 Å². The van der Waals surface area contributed by atoms with E-state index in [1.807, 2.05) is 0 Å². The molecule has 1 aromatic rings. The van der Waals surface area contributed by atoms with Crippen LogP contribution in [0.2, 0.25) is 0 Å². The number of aromatic nitrogens is 1. The monoisotopic (exact) mass is 221 g/mol. The van der Waals surface area contributed by atoms with Crippen LogP contribution < -0.4 is 0 Å². The lowest BCUT2D eigenvalue weighted by atomic mass is 10.1. The first-order valence-electron chi connectivity index (χ1n) is 3.79. The Balaban J connectivity index is 3.31. The summed E-state index contributed by atoms with van der Waals surface area (Å²) in [6.07, 6.45) is -3.51. The van der Waals surface area contributed by atoms with Crippen LogP contribution in [0.1, 0.15) is 17.6 Å². The molecule has 0 saturated carbocycles. The van der Waals surface area contributed by atoms with Crippen LogP contribution in [0.4, 0.5) is 13.2 Å². The highest BCUT2D eigenvalue weighted by Gasteiger charge is 2.23. The predicted molar refractivity (Wildman–Crippen MR) is 42.2 cm³/mol. The van der Waals surface area contributed by atoms with Gasteiger partial charge in [0, 0.05) is 5.56 Å². The van der Waals surface area contributed by atoms with Gasteiger partial charge in [-0.3, -0.25) is 4.79 Å². The molecule has 0 atom stereocenters. The van der Waals surface area contributed by atoms with Crippen molar-refractivity contribution >= 4 is 5.97 Å². The number of pyridine rings is 1. The molecule has 0 aliphatic rings. The first-order valence-corrected chi connectivity index (χ1v) is 3.79. The number of carboxylic acids is 1. The fourth-order valence-electron chi connectivity index (χ4n) is 1.09. The third kappa shape index (κ3) is 2.36. The van der Waals surface area contributed by atoms with E-state index in [2.05, 4.69) is 4.98 Å². The number of nitrogens with zero attached hydrogens (tertiary/aromatic N) is 1. The van der Waals surface area contributed by atoms with Crippen LogP contribution in [0, 0.1) is 5.95 Å². The molecule has 2 N–H and O–H groups in total. The Bertz CT molecular complexity index is 395. The molecule has 0 bridgehead atoms. The SMILES string of the molecule is O=C(O)Cc1c(O)cnc(F)c1C(F)F. The zero-order chi connectivity index (χ0) is 11.6.